The number of aryl methyl sites for hydroxylation is 3. The van der Waals surface area contributed by atoms with Crippen LogP contribution in [0.2, 0.25) is 0 Å². The van der Waals surface area contributed by atoms with Gasteiger partial charge in [0.2, 0.25) is 11.9 Å². The average Bonchev–Trinajstić information content (AvgIpc) is 3.08. The zero-order valence-electron chi connectivity index (χ0n) is 16.5. The second-order valence-corrected chi connectivity index (χ2v) is 8.41. The molecule has 0 aliphatic carbocycles. The number of thiazole rings is 1. The molecule has 28 heavy (non-hydrogen) atoms. The van der Waals surface area contributed by atoms with Crippen molar-refractivity contribution in [2.75, 3.05) is 23.3 Å². The SMILES string of the molecule is CCc1ccc2nc(NC(=O)C3CCN(c4nc(C)cc(C)n4)CC3)sc2c1. The summed E-state index contributed by atoms with van der Waals surface area (Å²) in [6.07, 6.45) is 2.60. The van der Waals surface area contributed by atoms with E-state index in [4.69, 9.17) is 0 Å². The van der Waals surface area contributed by atoms with Crippen LogP contribution in [0.3, 0.4) is 0 Å². The maximum absolute atomic E-state index is 12.7. The lowest BCUT2D eigenvalue weighted by molar-refractivity contribution is -0.120. The van der Waals surface area contributed by atoms with E-state index in [9.17, 15) is 4.79 Å². The van der Waals surface area contributed by atoms with Crippen LogP contribution in [-0.2, 0) is 11.2 Å². The van der Waals surface area contributed by atoms with Crippen LogP contribution in [-0.4, -0.2) is 33.9 Å². The summed E-state index contributed by atoms with van der Waals surface area (Å²) in [7, 11) is 0. The number of rotatable bonds is 4. The summed E-state index contributed by atoms with van der Waals surface area (Å²) < 4.78 is 1.12. The van der Waals surface area contributed by atoms with Crippen molar-refractivity contribution in [2.45, 2.75) is 40.0 Å². The summed E-state index contributed by atoms with van der Waals surface area (Å²) in [5.74, 6) is 0.838. The van der Waals surface area contributed by atoms with E-state index in [2.05, 4.69) is 44.2 Å². The fraction of sp³-hybridized carbons (Fsp3) is 0.429. The van der Waals surface area contributed by atoms with Crippen LogP contribution in [0, 0.1) is 19.8 Å². The van der Waals surface area contributed by atoms with Gasteiger partial charge >= 0.3 is 0 Å². The van der Waals surface area contributed by atoms with Gasteiger partial charge in [-0.2, -0.15) is 0 Å². The van der Waals surface area contributed by atoms with Gasteiger partial charge in [-0.3, -0.25) is 4.79 Å². The quantitative estimate of drug-likeness (QED) is 0.719. The molecule has 1 aliphatic rings. The van der Waals surface area contributed by atoms with Crippen molar-refractivity contribution in [3.63, 3.8) is 0 Å². The van der Waals surface area contributed by atoms with Gasteiger partial charge in [0.25, 0.3) is 0 Å². The number of fused-ring (bicyclic) bond motifs is 1. The van der Waals surface area contributed by atoms with E-state index in [-0.39, 0.29) is 11.8 Å². The second kappa shape index (κ2) is 7.83. The van der Waals surface area contributed by atoms with Gasteiger partial charge in [-0.05, 0) is 56.9 Å². The summed E-state index contributed by atoms with van der Waals surface area (Å²) in [4.78, 5) is 28.5. The Morgan fingerprint density at radius 1 is 1.14 bits per heavy atom. The highest BCUT2D eigenvalue weighted by atomic mass is 32.1. The molecule has 1 amide bonds. The number of piperidine rings is 1. The molecule has 1 fully saturated rings. The average molecular weight is 396 g/mol. The molecule has 1 aromatic carbocycles. The lowest BCUT2D eigenvalue weighted by Crippen LogP contribution is -2.39. The van der Waals surface area contributed by atoms with Crippen molar-refractivity contribution < 1.29 is 4.79 Å². The first-order valence-corrected chi connectivity index (χ1v) is 10.6. The highest BCUT2D eigenvalue weighted by molar-refractivity contribution is 7.22. The lowest BCUT2D eigenvalue weighted by Gasteiger charge is -2.31. The molecule has 6 nitrogen and oxygen atoms in total. The zero-order chi connectivity index (χ0) is 19.7. The molecule has 3 aromatic rings. The van der Waals surface area contributed by atoms with Gasteiger partial charge in [0.05, 0.1) is 10.2 Å². The Labute approximate surface area is 169 Å². The Bertz CT molecular complexity index is 987. The van der Waals surface area contributed by atoms with Gasteiger partial charge in [-0.1, -0.05) is 24.3 Å². The summed E-state index contributed by atoms with van der Waals surface area (Å²) >= 11 is 1.55. The monoisotopic (exact) mass is 395 g/mol. The third-order valence-corrected chi connectivity index (χ3v) is 6.14. The molecule has 1 N–H and O–H groups in total. The van der Waals surface area contributed by atoms with Crippen molar-refractivity contribution in [3.8, 4) is 0 Å². The molecule has 0 unspecified atom stereocenters. The van der Waals surface area contributed by atoms with Crippen LogP contribution < -0.4 is 10.2 Å². The molecule has 1 aliphatic heterocycles. The maximum Gasteiger partial charge on any atom is 0.229 e. The van der Waals surface area contributed by atoms with E-state index in [0.717, 1.165) is 59.9 Å². The number of anilines is 2. The standard InChI is InChI=1S/C21H25N5OS/c1-4-15-5-6-17-18(12-15)28-21(24-17)25-19(27)16-7-9-26(10-8-16)20-22-13(2)11-14(3)23-20/h5-6,11-12,16H,4,7-10H2,1-3H3,(H,24,25,27). The highest BCUT2D eigenvalue weighted by Crippen LogP contribution is 2.28. The summed E-state index contributed by atoms with van der Waals surface area (Å²) in [5.41, 5.74) is 4.18. The first-order chi connectivity index (χ1) is 13.5. The van der Waals surface area contributed by atoms with Crippen molar-refractivity contribution in [1.29, 1.82) is 0 Å². The van der Waals surface area contributed by atoms with Crippen LogP contribution in [0.25, 0.3) is 10.2 Å². The number of nitrogens with zero attached hydrogens (tertiary/aromatic N) is 4. The Morgan fingerprint density at radius 2 is 1.86 bits per heavy atom. The van der Waals surface area contributed by atoms with E-state index in [1.54, 1.807) is 11.3 Å². The fourth-order valence-corrected chi connectivity index (χ4v) is 4.57. The largest absolute Gasteiger partial charge is 0.341 e. The van der Waals surface area contributed by atoms with Crippen LogP contribution in [0.1, 0.15) is 36.7 Å². The smallest absolute Gasteiger partial charge is 0.229 e. The van der Waals surface area contributed by atoms with Crippen molar-refractivity contribution in [2.24, 2.45) is 5.92 Å². The van der Waals surface area contributed by atoms with Crippen LogP contribution in [0.5, 0.6) is 0 Å². The lowest BCUT2D eigenvalue weighted by atomic mass is 9.96. The van der Waals surface area contributed by atoms with E-state index < -0.39 is 0 Å². The van der Waals surface area contributed by atoms with Gasteiger partial charge in [0.15, 0.2) is 5.13 Å². The molecule has 0 saturated carbocycles. The Kier molecular flexibility index (Phi) is 5.26. The maximum atomic E-state index is 12.7. The first-order valence-electron chi connectivity index (χ1n) is 9.79. The number of carbonyl (C=O) groups excluding carboxylic acids is 1. The van der Waals surface area contributed by atoms with Crippen LogP contribution in [0.4, 0.5) is 11.1 Å². The Hall–Kier alpha value is -2.54. The second-order valence-electron chi connectivity index (χ2n) is 7.38. The van der Waals surface area contributed by atoms with E-state index >= 15 is 0 Å². The van der Waals surface area contributed by atoms with E-state index in [1.807, 2.05) is 26.0 Å². The normalized spacial score (nSPS) is 15.2. The van der Waals surface area contributed by atoms with Gasteiger partial charge in [0, 0.05) is 30.4 Å². The third-order valence-electron chi connectivity index (χ3n) is 5.21. The predicted octanol–water partition coefficient (Wildman–Crippen LogP) is 4.12. The molecule has 146 valence electrons. The predicted molar refractivity (Wildman–Crippen MR) is 114 cm³/mol. The number of carbonyl (C=O) groups is 1. The number of nitrogens with one attached hydrogen (secondary N) is 1. The molecule has 7 heteroatoms. The van der Waals surface area contributed by atoms with Gasteiger partial charge in [-0.15, -0.1) is 0 Å². The molecule has 4 rings (SSSR count). The molecule has 0 atom stereocenters. The molecular weight excluding hydrogens is 370 g/mol. The fourth-order valence-electron chi connectivity index (χ4n) is 3.64. The summed E-state index contributed by atoms with van der Waals surface area (Å²) in [5, 5.41) is 3.72. The highest BCUT2D eigenvalue weighted by Gasteiger charge is 2.27. The molecule has 0 bridgehead atoms. The Balaban J connectivity index is 1.39. The minimum absolute atomic E-state index is 0.000344. The molecule has 2 aromatic heterocycles. The summed E-state index contributed by atoms with van der Waals surface area (Å²) in [6.45, 7) is 7.70. The van der Waals surface area contributed by atoms with Gasteiger partial charge < -0.3 is 10.2 Å². The number of hydrogen-bond donors (Lipinski definition) is 1. The first kappa shape index (κ1) is 18.8. The molecular formula is C21H25N5OS. The molecule has 0 radical (unpaired) electrons. The number of benzene rings is 1. The third kappa shape index (κ3) is 3.99. The van der Waals surface area contributed by atoms with Gasteiger partial charge in [0.1, 0.15) is 0 Å². The topological polar surface area (TPSA) is 71.0 Å². The number of aromatic nitrogens is 3. The van der Waals surface area contributed by atoms with Crippen LogP contribution in [0.15, 0.2) is 24.3 Å². The minimum atomic E-state index is 0.000344. The van der Waals surface area contributed by atoms with Crippen molar-refractivity contribution in [1.82, 2.24) is 15.0 Å². The molecule has 3 heterocycles. The summed E-state index contributed by atoms with van der Waals surface area (Å²) in [6, 6.07) is 8.26. The minimum Gasteiger partial charge on any atom is -0.341 e. The van der Waals surface area contributed by atoms with Gasteiger partial charge in [-0.25, -0.2) is 15.0 Å². The van der Waals surface area contributed by atoms with Crippen LogP contribution >= 0.6 is 11.3 Å². The van der Waals surface area contributed by atoms with Crippen molar-refractivity contribution >= 4 is 38.5 Å². The van der Waals surface area contributed by atoms with E-state index in [1.165, 1.54) is 5.56 Å². The number of hydrogen-bond acceptors (Lipinski definition) is 6. The number of amides is 1. The van der Waals surface area contributed by atoms with Crippen molar-refractivity contribution in [3.05, 3.63) is 41.2 Å². The van der Waals surface area contributed by atoms with E-state index in [0.29, 0.717) is 5.13 Å². The zero-order valence-corrected chi connectivity index (χ0v) is 17.3. The Morgan fingerprint density at radius 3 is 2.54 bits per heavy atom. The molecule has 1 saturated heterocycles. The molecule has 0 spiro atoms.